The van der Waals surface area contributed by atoms with Crippen molar-refractivity contribution in [3.05, 3.63) is 60.8 Å². The van der Waals surface area contributed by atoms with E-state index in [-0.39, 0.29) is 26.2 Å². The Morgan fingerprint density at radius 3 is 1.89 bits per heavy atom. The molecule has 0 aromatic rings. The zero-order valence-corrected chi connectivity index (χ0v) is 22.6. The normalized spacial score (nSPS) is 15.1. The molecule has 4 N–H and O–H groups in total. The maximum Gasteiger partial charge on any atom is 0.472 e. The van der Waals surface area contributed by atoms with E-state index in [2.05, 4.69) is 64.6 Å². The summed E-state index contributed by atoms with van der Waals surface area (Å²) in [4.78, 5) is 21.0. The summed E-state index contributed by atoms with van der Waals surface area (Å²) in [6.45, 7) is 1.31. The molecule has 9 heteroatoms. The van der Waals surface area contributed by atoms with Crippen LogP contribution in [0, 0.1) is 0 Å². The maximum absolute atomic E-state index is 11.7. The Labute approximate surface area is 217 Å². The van der Waals surface area contributed by atoms with Crippen LogP contribution in [0.25, 0.3) is 0 Å². The highest BCUT2D eigenvalue weighted by Crippen LogP contribution is 2.42. The molecule has 0 spiro atoms. The molecular weight excluding hydrogens is 481 g/mol. The highest BCUT2D eigenvalue weighted by Gasteiger charge is 2.22. The van der Waals surface area contributed by atoms with Crippen molar-refractivity contribution in [2.45, 2.75) is 77.2 Å². The van der Waals surface area contributed by atoms with Crippen LogP contribution < -0.4 is 5.73 Å². The van der Waals surface area contributed by atoms with Crippen LogP contribution in [0.2, 0.25) is 0 Å². The van der Waals surface area contributed by atoms with Crippen LogP contribution in [-0.4, -0.2) is 48.4 Å². The molecule has 2 atom stereocenters. The summed E-state index contributed by atoms with van der Waals surface area (Å²) in [5, 5.41) is 9.67. The van der Waals surface area contributed by atoms with E-state index in [1.807, 2.05) is 12.2 Å². The second kappa shape index (κ2) is 24.9. The number of allylic oxidation sites excluding steroid dienone is 10. The number of unbranched alkanes of at least 4 members (excludes halogenated alkanes) is 3. The van der Waals surface area contributed by atoms with Crippen molar-refractivity contribution in [1.82, 2.24) is 0 Å². The Morgan fingerprint density at radius 1 is 0.833 bits per heavy atom. The number of carbonyl (C=O) groups excluding carboxylic acids is 1. The SMILES string of the molecule is CCCCCC=CCC=CCC=CCC=CCC=CCCC(=O)OCC(O)COP(=O)(O)OCCN. The molecule has 0 bridgehead atoms. The average molecular weight is 528 g/mol. The molecule has 2 unspecified atom stereocenters. The van der Waals surface area contributed by atoms with E-state index in [9.17, 15) is 19.4 Å². The third kappa shape index (κ3) is 25.3. The van der Waals surface area contributed by atoms with Crippen LogP contribution in [0.1, 0.15) is 71.1 Å². The summed E-state index contributed by atoms with van der Waals surface area (Å²) in [5.74, 6) is -0.469. The lowest BCUT2D eigenvalue weighted by molar-refractivity contribution is -0.147. The molecule has 0 heterocycles. The molecule has 36 heavy (non-hydrogen) atoms. The van der Waals surface area contributed by atoms with Gasteiger partial charge in [-0.05, 0) is 44.9 Å². The minimum Gasteiger partial charge on any atom is -0.463 e. The number of rotatable bonds is 23. The van der Waals surface area contributed by atoms with Gasteiger partial charge in [-0.2, -0.15) is 0 Å². The maximum atomic E-state index is 11.7. The van der Waals surface area contributed by atoms with Crippen molar-refractivity contribution >= 4 is 13.8 Å². The van der Waals surface area contributed by atoms with Gasteiger partial charge in [0, 0.05) is 13.0 Å². The van der Waals surface area contributed by atoms with Gasteiger partial charge in [0.2, 0.25) is 0 Å². The zero-order chi connectivity index (χ0) is 26.7. The molecule has 0 rings (SSSR count). The lowest BCUT2D eigenvalue weighted by atomic mass is 10.2. The minimum atomic E-state index is -4.26. The number of phosphoric ester groups is 1. The van der Waals surface area contributed by atoms with Crippen LogP contribution in [0.3, 0.4) is 0 Å². The lowest BCUT2D eigenvalue weighted by Gasteiger charge is -2.15. The third-order valence-corrected chi connectivity index (χ3v) is 5.63. The number of phosphoric acid groups is 1. The van der Waals surface area contributed by atoms with Crippen molar-refractivity contribution in [3.8, 4) is 0 Å². The van der Waals surface area contributed by atoms with Crippen LogP contribution in [0.4, 0.5) is 0 Å². The zero-order valence-electron chi connectivity index (χ0n) is 21.7. The molecule has 0 aliphatic carbocycles. The van der Waals surface area contributed by atoms with E-state index in [0.717, 1.165) is 25.7 Å². The second-order valence-corrected chi connectivity index (χ2v) is 9.51. The fourth-order valence-electron chi connectivity index (χ4n) is 2.73. The first-order chi connectivity index (χ1) is 17.4. The van der Waals surface area contributed by atoms with Crippen LogP contribution in [-0.2, 0) is 23.1 Å². The van der Waals surface area contributed by atoms with Gasteiger partial charge < -0.3 is 20.5 Å². The van der Waals surface area contributed by atoms with Crippen LogP contribution >= 0.6 is 7.82 Å². The summed E-state index contributed by atoms with van der Waals surface area (Å²) < 4.78 is 25.5. The molecule has 0 saturated heterocycles. The smallest absolute Gasteiger partial charge is 0.463 e. The predicted molar refractivity (Wildman–Crippen MR) is 145 cm³/mol. The number of aliphatic hydroxyl groups is 1. The van der Waals surface area contributed by atoms with Crippen molar-refractivity contribution in [2.75, 3.05) is 26.4 Å². The largest absolute Gasteiger partial charge is 0.472 e. The number of aliphatic hydroxyl groups excluding tert-OH is 1. The van der Waals surface area contributed by atoms with Gasteiger partial charge in [-0.1, -0.05) is 80.5 Å². The summed E-state index contributed by atoms with van der Waals surface area (Å²) in [7, 11) is -4.26. The Morgan fingerprint density at radius 2 is 1.36 bits per heavy atom. The van der Waals surface area contributed by atoms with E-state index < -0.39 is 26.5 Å². The van der Waals surface area contributed by atoms with Gasteiger partial charge in [-0.25, -0.2) is 4.57 Å². The summed E-state index contributed by atoms with van der Waals surface area (Å²) >= 11 is 0. The van der Waals surface area contributed by atoms with Crippen molar-refractivity contribution < 1.29 is 33.1 Å². The molecule has 0 amide bonds. The Bertz CT molecular complexity index is 732. The first-order valence-corrected chi connectivity index (χ1v) is 14.3. The van der Waals surface area contributed by atoms with Crippen LogP contribution in [0.15, 0.2) is 60.8 Å². The summed E-state index contributed by atoms with van der Waals surface area (Å²) in [5.41, 5.74) is 5.17. The highest BCUT2D eigenvalue weighted by atomic mass is 31.2. The predicted octanol–water partition coefficient (Wildman–Crippen LogP) is 5.68. The van der Waals surface area contributed by atoms with Crippen molar-refractivity contribution in [1.29, 1.82) is 0 Å². The molecule has 206 valence electrons. The number of hydrogen-bond donors (Lipinski definition) is 3. The standard InChI is InChI=1S/C27H46NO7P/c1-2-3-4-5-6-7-8-9-10-11-12-13-14-15-16-17-18-19-20-21-27(30)33-24-26(29)25-35-36(31,32)34-23-22-28/h6-7,9-10,12-13,15-16,18-19,26,29H,2-5,8,11,14,17,20-25,28H2,1H3,(H,31,32). The number of hydrogen-bond acceptors (Lipinski definition) is 7. The van der Waals surface area contributed by atoms with Gasteiger partial charge in [-0.15, -0.1) is 0 Å². The van der Waals surface area contributed by atoms with E-state index in [1.54, 1.807) is 0 Å². The topological polar surface area (TPSA) is 128 Å². The van der Waals surface area contributed by atoms with Crippen LogP contribution in [0.5, 0.6) is 0 Å². The molecule has 0 aliphatic rings. The summed E-state index contributed by atoms with van der Waals surface area (Å²) in [6, 6.07) is 0. The molecular formula is C27H46NO7P. The van der Waals surface area contributed by atoms with E-state index in [4.69, 9.17) is 10.5 Å². The van der Waals surface area contributed by atoms with Gasteiger partial charge in [-0.3, -0.25) is 13.8 Å². The molecule has 8 nitrogen and oxygen atoms in total. The quantitative estimate of drug-likeness (QED) is 0.0670. The summed E-state index contributed by atoms with van der Waals surface area (Å²) in [6.07, 6.45) is 29.4. The molecule has 0 radical (unpaired) electrons. The van der Waals surface area contributed by atoms with Crippen molar-refractivity contribution in [2.24, 2.45) is 5.73 Å². The molecule has 0 saturated carbocycles. The number of esters is 1. The Balaban J connectivity index is 3.71. The lowest BCUT2D eigenvalue weighted by Crippen LogP contribution is -2.23. The third-order valence-electron chi connectivity index (χ3n) is 4.65. The number of nitrogens with two attached hydrogens (primary N) is 1. The molecule has 0 aliphatic heterocycles. The molecule has 0 aromatic heterocycles. The van der Waals surface area contributed by atoms with Gasteiger partial charge in [0.05, 0.1) is 13.2 Å². The monoisotopic (exact) mass is 527 g/mol. The number of ether oxygens (including phenoxy) is 1. The second-order valence-electron chi connectivity index (χ2n) is 8.06. The molecule has 0 aromatic carbocycles. The van der Waals surface area contributed by atoms with Crippen molar-refractivity contribution in [3.63, 3.8) is 0 Å². The first-order valence-electron chi connectivity index (χ1n) is 12.8. The van der Waals surface area contributed by atoms with E-state index in [1.165, 1.54) is 25.7 Å². The van der Waals surface area contributed by atoms with Gasteiger partial charge in [0.15, 0.2) is 0 Å². The Hall–Kier alpha value is -1.80. The van der Waals surface area contributed by atoms with E-state index in [0.29, 0.717) is 6.42 Å². The number of carbonyl (C=O) groups is 1. The van der Waals surface area contributed by atoms with Gasteiger partial charge >= 0.3 is 13.8 Å². The Kier molecular flexibility index (Phi) is 23.6. The fraction of sp³-hybridized carbons (Fsp3) is 0.593. The average Bonchev–Trinajstić information content (AvgIpc) is 2.86. The van der Waals surface area contributed by atoms with Gasteiger partial charge in [0.1, 0.15) is 12.7 Å². The van der Waals surface area contributed by atoms with E-state index >= 15 is 0 Å². The van der Waals surface area contributed by atoms with Gasteiger partial charge in [0.25, 0.3) is 0 Å². The fourth-order valence-corrected chi connectivity index (χ4v) is 3.50. The first kappa shape index (κ1) is 34.2. The minimum absolute atomic E-state index is 0.0616. The highest BCUT2D eigenvalue weighted by molar-refractivity contribution is 7.47. The molecule has 0 fully saturated rings.